The second-order valence-corrected chi connectivity index (χ2v) is 9.12. The van der Waals surface area contributed by atoms with Gasteiger partial charge in [-0.1, -0.05) is 24.3 Å². The molecule has 1 spiro atoms. The van der Waals surface area contributed by atoms with Crippen LogP contribution in [0.3, 0.4) is 0 Å². The smallest absolute Gasteiger partial charge is 0.415 e. The van der Waals surface area contributed by atoms with Gasteiger partial charge in [-0.2, -0.15) is 0 Å². The second kappa shape index (κ2) is 9.66. The van der Waals surface area contributed by atoms with Crippen molar-refractivity contribution in [3.8, 4) is 16.9 Å². The van der Waals surface area contributed by atoms with Gasteiger partial charge in [0.15, 0.2) is 0 Å². The molecule has 0 atom stereocenters. The zero-order valence-electron chi connectivity index (χ0n) is 19.7. The van der Waals surface area contributed by atoms with E-state index in [1.54, 1.807) is 4.90 Å². The first kappa shape index (κ1) is 23.3. The number of rotatable bonds is 6. The van der Waals surface area contributed by atoms with E-state index >= 15 is 0 Å². The highest BCUT2D eigenvalue weighted by atomic mass is 19.1. The van der Waals surface area contributed by atoms with Crippen LogP contribution in [0.2, 0.25) is 0 Å². The van der Waals surface area contributed by atoms with Crippen molar-refractivity contribution in [1.82, 2.24) is 4.90 Å². The summed E-state index contributed by atoms with van der Waals surface area (Å²) in [4.78, 5) is 16.6. The Morgan fingerprint density at radius 3 is 2.43 bits per heavy atom. The first-order chi connectivity index (χ1) is 17.0. The molecule has 2 fully saturated rings. The Morgan fingerprint density at radius 1 is 0.971 bits per heavy atom. The summed E-state index contributed by atoms with van der Waals surface area (Å²) in [5.41, 5.74) is 2.33. The summed E-state index contributed by atoms with van der Waals surface area (Å²) < 4.78 is 39.7. The van der Waals surface area contributed by atoms with Crippen LogP contribution in [0.15, 0.2) is 66.7 Å². The SMILES string of the molecule is CCOc1ccc(-c2ccc(F)cc2F)c(CN2CCC3(CC2)CN(c2ccccc2)C(=O)O3)c1. The van der Waals surface area contributed by atoms with Crippen LogP contribution in [-0.2, 0) is 11.3 Å². The Kier molecular flexibility index (Phi) is 6.43. The molecule has 3 aromatic carbocycles. The summed E-state index contributed by atoms with van der Waals surface area (Å²) in [6, 6.07) is 18.8. The van der Waals surface area contributed by atoms with Gasteiger partial charge in [-0.15, -0.1) is 0 Å². The lowest BCUT2D eigenvalue weighted by molar-refractivity contribution is -0.000951. The van der Waals surface area contributed by atoms with Crippen molar-refractivity contribution < 1.29 is 23.0 Å². The van der Waals surface area contributed by atoms with Crippen LogP contribution in [0.1, 0.15) is 25.3 Å². The number of anilines is 1. The van der Waals surface area contributed by atoms with E-state index in [-0.39, 0.29) is 6.09 Å². The molecule has 0 bridgehead atoms. The first-order valence-corrected chi connectivity index (χ1v) is 12.0. The predicted octanol–water partition coefficient (Wildman–Crippen LogP) is 6.02. The summed E-state index contributed by atoms with van der Waals surface area (Å²) in [5, 5.41) is 0. The van der Waals surface area contributed by atoms with E-state index in [0.29, 0.717) is 49.4 Å². The van der Waals surface area contributed by atoms with Gasteiger partial charge in [0, 0.05) is 49.8 Å². The second-order valence-electron chi connectivity index (χ2n) is 9.12. The molecule has 5 nitrogen and oxygen atoms in total. The molecule has 2 saturated heterocycles. The van der Waals surface area contributed by atoms with Gasteiger partial charge < -0.3 is 9.47 Å². The molecule has 0 unspecified atom stereocenters. The zero-order valence-corrected chi connectivity index (χ0v) is 19.7. The van der Waals surface area contributed by atoms with Crippen LogP contribution in [0.25, 0.3) is 11.1 Å². The van der Waals surface area contributed by atoms with Crippen molar-refractivity contribution in [1.29, 1.82) is 0 Å². The zero-order chi connectivity index (χ0) is 24.4. The van der Waals surface area contributed by atoms with Gasteiger partial charge in [-0.05, 0) is 54.4 Å². The normalized spacial score (nSPS) is 17.6. The highest BCUT2D eigenvalue weighted by Crippen LogP contribution is 2.37. The fourth-order valence-electron chi connectivity index (χ4n) is 4.98. The van der Waals surface area contributed by atoms with Crippen molar-refractivity contribution in [2.24, 2.45) is 0 Å². The van der Waals surface area contributed by atoms with Crippen molar-refractivity contribution in [2.75, 3.05) is 31.1 Å². The fraction of sp³-hybridized carbons (Fsp3) is 0.321. The maximum atomic E-state index is 14.6. The number of carbonyl (C=O) groups is 1. The summed E-state index contributed by atoms with van der Waals surface area (Å²) in [5.74, 6) is -0.479. The Morgan fingerprint density at radius 2 is 1.71 bits per heavy atom. The average molecular weight is 479 g/mol. The van der Waals surface area contributed by atoms with E-state index in [0.717, 1.165) is 30.4 Å². The van der Waals surface area contributed by atoms with Crippen molar-refractivity contribution in [3.63, 3.8) is 0 Å². The van der Waals surface area contributed by atoms with Crippen molar-refractivity contribution in [2.45, 2.75) is 31.9 Å². The molecule has 3 aromatic rings. The van der Waals surface area contributed by atoms with Gasteiger partial charge in [-0.3, -0.25) is 9.80 Å². The van der Waals surface area contributed by atoms with Crippen LogP contribution in [0.5, 0.6) is 5.75 Å². The highest BCUT2D eigenvalue weighted by molar-refractivity contribution is 5.90. The van der Waals surface area contributed by atoms with Crippen LogP contribution in [-0.4, -0.2) is 42.8 Å². The third kappa shape index (κ3) is 4.86. The Bertz CT molecular complexity index is 1210. The molecule has 5 rings (SSSR count). The first-order valence-electron chi connectivity index (χ1n) is 12.0. The predicted molar refractivity (Wildman–Crippen MR) is 130 cm³/mol. The van der Waals surface area contributed by atoms with E-state index in [1.165, 1.54) is 12.1 Å². The molecule has 7 heteroatoms. The Hall–Kier alpha value is -3.45. The van der Waals surface area contributed by atoms with Gasteiger partial charge >= 0.3 is 6.09 Å². The minimum Gasteiger partial charge on any atom is -0.494 e. The maximum Gasteiger partial charge on any atom is 0.415 e. The largest absolute Gasteiger partial charge is 0.494 e. The number of hydrogen-bond donors (Lipinski definition) is 0. The topological polar surface area (TPSA) is 42.0 Å². The third-order valence-corrected chi connectivity index (χ3v) is 6.81. The number of piperidine rings is 1. The summed E-state index contributed by atoms with van der Waals surface area (Å²) in [7, 11) is 0. The lowest BCUT2D eigenvalue weighted by atomic mass is 9.90. The molecular formula is C28H28F2N2O3. The standard InChI is InChI=1S/C28H28F2N2O3/c1-2-34-23-9-11-24(25-10-8-21(29)17-26(25)30)20(16-23)18-31-14-12-28(13-15-31)19-32(27(33)35-28)22-6-4-3-5-7-22/h3-11,16-17H,2,12-15,18-19H2,1H3. The number of amides is 1. The molecular weight excluding hydrogens is 450 g/mol. The van der Waals surface area contributed by atoms with Gasteiger partial charge in [0.25, 0.3) is 0 Å². The van der Waals surface area contributed by atoms with Crippen LogP contribution in [0.4, 0.5) is 19.3 Å². The monoisotopic (exact) mass is 478 g/mol. The minimum absolute atomic E-state index is 0.303. The van der Waals surface area contributed by atoms with Crippen molar-refractivity contribution >= 4 is 11.8 Å². The lowest BCUT2D eigenvalue weighted by Crippen LogP contribution is -2.46. The summed E-state index contributed by atoms with van der Waals surface area (Å²) in [6.07, 6.45) is 1.13. The molecule has 0 aliphatic carbocycles. The molecule has 2 heterocycles. The molecule has 0 N–H and O–H groups in total. The number of carbonyl (C=O) groups excluding carboxylic acids is 1. The van der Waals surface area contributed by atoms with Crippen LogP contribution in [0, 0.1) is 11.6 Å². The van der Waals surface area contributed by atoms with Gasteiger partial charge in [0.2, 0.25) is 0 Å². The molecule has 0 radical (unpaired) electrons. The van der Waals surface area contributed by atoms with E-state index in [4.69, 9.17) is 9.47 Å². The van der Waals surface area contributed by atoms with Gasteiger partial charge in [0.1, 0.15) is 23.0 Å². The maximum absolute atomic E-state index is 14.6. The fourth-order valence-corrected chi connectivity index (χ4v) is 4.98. The number of halogens is 2. The third-order valence-electron chi connectivity index (χ3n) is 6.81. The molecule has 0 saturated carbocycles. The molecule has 0 aromatic heterocycles. The number of ether oxygens (including phenoxy) is 2. The number of para-hydroxylation sites is 1. The summed E-state index contributed by atoms with van der Waals surface area (Å²) >= 11 is 0. The number of hydrogen-bond acceptors (Lipinski definition) is 4. The van der Waals surface area contributed by atoms with E-state index in [9.17, 15) is 13.6 Å². The number of benzene rings is 3. The highest BCUT2D eigenvalue weighted by Gasteiger charge is 2.47. The molecule has 1 amide bonds. The van der Waals surface area contributed by atoms with Gasteiger partial charge in [-0.25, -0.2) is 13.6 Å². The van der Waals surface area contributed by atoms with E-state index < -0.39 is 17.2 Å². The lowest BCUT2D eigenvalue weighted by Gasteiger charge is -2.37. The summed E-state index contributed by atoms with van der Waals surface area (Å²) in [6.45, 7) is 5.04. The molecule has 35 heavy (non-hydrogen) atoms. The van der Waals surface area contributed by atoms with Crippen molar-refractivity contribution in [3.05, 3.63) is 83.9 Å². The van der Waals surface area contributed by atoms with E-state index in [1.807, 2.05) is 55.5 Å². The Labute approximate surface area is 203 Å². The van der Waals surface area contributed by atoms with E-state index in [2.05, 4.69) is 4.90 Å². The van der Waals surface area contributed by atoms with Crippen LogP contribution < -0.4 is 9.64 Å². The molecule has 2 aliphatic rings. The van der Waals surface area contributed by atoms with Gasteiger partial charge in [0.05, 0.1) is 13.2 Å². The Balaban J connectivity index is 1.32. The van der Waals surface area contributed by atoms with Crippen LogP contribution >= 0.6 is 0 Å². The minimum atomic E-state index is -0.601. The quantitative estimate of drug-likeness (QED) is 0.434. The molecule has 182 valence electrons. The average Bonchev–Trinajstić information content (AvgIpc) is 3.18. The molecule has 2 aliphatic heterocycles. The number of likely N-dealkylation sites (tertiary alicyclic amines) is 1. The number of nitrogens with zero attached hydrogens (tertiary/aromatic N) is 2.